The lowest BCUT2D eigenvalue weighted by Gasteiger charge is -2.20. The summed E-state index contributed by atoms with van der Waals surface area (Å²) in [5.41, 5.74) is 0.682. The van der Waals surface area contributed by atoms with Crippen molar-refractivity contribution in [3.05, 3.63) is 34.5 Å². The number of fused-ring (bicyclic) bond motifs is 1. The Kier molecular flexibility index (Phi) is 5.00. The van der Waals surface area contributed by atoms with Crippen molar-refractivity contribution in [2.75, 3.05) is 19.6 Å². The van der Waals surface area contributed by atoms with Crippen LogP contribution in [0.2, 0.25) is 0 Å². The number of amides is 2. The first-order valence-corrected chi connectivity index (χ1v) is 8.68. The number of benzene rings is 1. The maximum Gasteiger partial charge on any atom is 0.287 e. The molecule has 122 valence electrons. The fourth-order valence-corrected chi connectivity index (χ4v) is 3.17. The van der Waals surface area contributed by atoms with Crippen LogP contribution >= 0.6 is 15.9 Å². The van der Waals surface area contributed by atoms with Gasteiger partial charge in [-0.25, -0.2) is 0 Å². The maximum atomic E-state index is 12.2. The minimum Gasteiger partial charge on any atom is -0.451 e. The summed E-state index contributed by atoms with van der Waals surface area (Å²) >= 11 is 3.40. The third-order valence-corrected chi connectivity index (χ3v) is 4.53. The summed E-state index contributed by atoms with van der Waals surface area (Å²) in [5, 5.41) is 3.71. The van der Waals surface area contributed by atoms with E-state index in [-0.39, 0.29) is 11.8 Å². The molecule has 0 bridgehead atoms. The second kappa shape index (κ2) is 7.17. The molecule has 23 heavy (non-hydrogen) atoms. The molecule has 1 aliphatic heterocycles. The first kappa shape index (κ1) is 16.1. The molecule has 6 heteroatoms. The quantitative estimate of drug-likeness (QED) is 0.887. The van der Waals surface area contributed by atoms with E-state index >= 15 is 0 Å². The molecule has 1 fully saturated rings. The number of nitrogens with one attached hydrogen (secondary N) is 1. The van der Waals surface area contributed by atoms with Gasteiger partial charge in [-0.15, -0.1) is 0 Å². The first-order valence-electron chi connectivity index (χ1n) is 7.88. The Morgan fingerprint density at radius 3 is 3.00 bits per heavy atom. The van der Waals surface area contributed by atoms with Crippen molar-refractivity contribution in [2.45, 2.75) is 25.7 Å². The number of hydrogen-bond acceptors (Lipinski definition) is 3. The number of carbonyl (C=O) groups is 2. The Bertz CT molecular complexity index is 726. The molecule has 1 aromatic heterocycles. The van der Waals surface area contributed by atoms with Gasteiger partial charge in [0.15, 0.2) is 5.76 Å². The van der Waals surface area contributed by atoms with Crippen molar-refractivity contribution >= 4 is 38.7 Å². The number of nitrogens with zero attached hydrogens (tertiary/aromatic N) is 1. The van der Waals surface area contributed by atoms with Crippen LogP contribution in [0, 0.1) is 0 Å². The molecule has 1 N–H and O–H groups in total. The molecular weight excluding hydrogens is 360 g/mol. The number of likely N-dealkylation sites (tertiary alicyclic amines) is 1. The van der Waals surface area contributed by atoms with E-state index in [9.17, 15) is 9.59 Å². The van der Waals surface area contributed by atoms with Crippen molar-refractivity contribution in [3.63, 3.8) is 0 Å². The number of hydrogen-bond donors (Lipinski definition) is 1. The monoisotopic (exact) mass is 378 g/mol. The fourth-order valence-electron chi connectivity index (χ4n) is 2.79. The topological polar surface area (TPSA) is 62.6 Å². The van der Waals surface area contributed by atoms with Crippen LogP contribution in [0.3, 0.4) is 0 Å². The highest BCUT2D eigenvalue weighted by Gasteiger charge is 2.17. The van der Waals surface area contributed by atoms with Crippen LogP contribution in [-0.4, -0.2) is 36.3 Å². The predicted molar refractivity (Wildman–Crippen MR) is 91.3 cm³/mol. The van der Waals surface area contributed by atoms with Gasteiger partial charge in [0.2, 0.25) is 5.91 Å². The van der Waals surface area contributed by atoms with Gasteiger partial charge in [0.1, 0.15) is 5.58 Å². The number of rotatable bonds is 4. The van der Waals surface area contributed by atoms with Gasteiger partial charge in [-0.1, -0.05) is 22.4 Å². The summed E-state index contributed by atoms with van der Waals surface area (Å²) in [4.78, 5) is 25.9. The van der Waals surface area contributed by atoms with E-state index in [1.807, 2.05) is 23.1 Å². The van der Waals surface area contributed by atoms with Crippen LogP contribution in [0.4, 0.5) is 0 Å². The number of furan rings is 1. The highest BCUT2D eigenvalue weighted by Crippen LogP contribution is 2.23. The standard InChI is InChI=1S/C17H19BrN2O3/c18-13-5-6-14-12(10-13)11-15(23-14)17(22)19-7-9-20-8-3-1-2-4-16(20)21/h5-6,10-11H,1-4,7-9H2,(H,19,22). The summed E-state index contributed by atoms with van der Waals surface area (Å²) in [6, 6.07) is 7.34. The summed E-state index contributed by atoms with van der Waals surface area (Å²) in [7, 11) is 0. The van der Waals surface area contributed by atoms with E-state index in [2.05, 4.69) is 21.2 Å². The van der Waals surface area contributed by atoms with Gasteiger partial charge in [0.25, 0.3) is 5.91 Å². The third kappa shape index (κ3) is 3.93. The van der Waals surface area contributed by atoms with Gasteiger partial charge < -0.3 is 14.6 Å². The summed E-state index contributed by atoms with van der Waals surface area (Å²) in [6.07, 6.45) is 3.73. The molecule has 0 atom stereocenters. The molecule has 2 aromatic rings. The highest BCUT2D eigenvalue weighted by molar-refractivity contribution is 9.10. The SMILES string of the molecule is O=C(NCCN1CCCCCC1=O)c1cc2cc(Br)ccc2o1. The van der Waals surface area contributed by atoms with Gasteiger partial charge in [0.05, 0.1) is 0 Å². The van der Waals surface area contributed by atoms with Crippen LogP contribution in [-0.2, 0) is 4.79 Å². The molecule has 3 rings (SSSR count). The third-order valence-electron chi connectivity index (χ3n) is 4.04. The lowest BCUT2D eigenvalue weighted by atomic mass is 10.2. The van der Waals surface area contributed by atoms with Crippen molar-refractivity contribution < 1.29 is 14.0 Å². The van der Waals surface area contributed by atoms with Gasteiger partial charge in [0, 0.05) is 35.9 Å². The first-order chi connectivity index (χ1) is 11.1. The Balaban J connectivity index is 1.56. The Labute approximate surface area is 143 Å². The number of carbonyl (C=O) groups excluding carboxylic acids is 2. The van der Waals surface area contributed by atoms with E-state index in [1.54, 1.807) is 6.07 Å². The number of halogens is 1. The molecule has 1 aliphatic rings. The fraction of sp³-hybridized carbons (Fsp3) is 0.412. The van der Waals surface area contributed by atoms with Crippen molar-refractivity contribution in [1.29, 1.82) is 0 Å². The largest absolute Gasteiger partial charge is 0.451 e. The highest BCUT2D eigenvalue weighted by atomic mass is 79.9. The van der Waals surface area contributed by atoms with Crippen molar-refractivity contribution in [3.8, 4) is 0 Å². The molecule has 2 amide bonds. The molecule has 0 unspecified atom stereocenters. The van der Waals surface area contributed by atoms with Crippen molar-refractivity contribution in [2.24, 2.45) is 0 Å². The molecule has 1 saturated heterocycles. The predicted octanol–water partition coefficient (Wildman–Crippen LogP) is 3.33. The molecule has 0 spiro atoms. The van der Waals surface area contributed by atoms with Crippen LogP contribution < -0.4 is 5.32 Å². The second-order valence-corrected chi connectivity index (χ2v) is 6.66. The summed E-state index contributed by atoms with van der Waals surface area (Å²) < 4.78 is 6.50. The van der Waals surface area contributed by atoms with E-state index < -0.39 is 0 Å². The molecule has 0 radical (unpaired) electrons. The maximum absolute atomic E-state index is 12.2. The minimum absolute atomic E-state index is 0.185. The van der Waals surface area contributed by atoms with Gasteiger partial charge in [-0.2, -0.15) is 0 Å². The van der Waals surface area contributed by atoms with Gasteiger partial charge in [-0.3, -0.25) is 9.59 Å². The lowest BCUT2D eigenvalue weighted by molar-refractivity contribution is -0.130. The Morgan fingerprint density at radius 2 is 2.13 bits per heavy atom. The van der Waals surface area contributed by atoms with E-state index in [0.717, 1.165) is 35.7 Å². The summed E-state index contributed by atoms with van der Waals surface area (Å²) in [5.74, 6) is 0.227. The van der Waals surface area contributed by atoms with E-state index in [0.29, 0.717) is 30.9 Å². The molecule has 0 aliphatic carbocycles. The average molecular weight is 379 g/mol. The van der Waals surface area contributed by atoms with Gasteiger partial charge in [-0.05, 0) is 37.1 Å². The minimum atomic E-state index is -0.250. The zero-order chi connectivity index (χ0) is 16.2. The smallest absolute Gasteiger partial charge is 0.287 e. The van der Waals surface area contributed by atoms with Crippen molar-refractivity contribution in [1.82, 2.24) is 10.2 Å². The van der Waals surface area contributed by atoms with Gasteiger partial charge >= 0.3 is 0 Å². The van der Waals surface area contributed by atoms with E-state index in [4.69, 9.17) is 4.42 Å². The second-order valence-electron chi connectivity index (χ2n) is 5.74. The normalized spacial score (nSPS) is 15.7. The van der Waals surface area contributed by atoms with Crippen LogP contribution in [0.5, 0.6) is 0 Å². The molecule has 5 nitrogen and oxygen atoms in total. The zero-order valence-corrected chi connectivity index (χ0v) is 14.4. The molecule has 0 saturated carbocycles. The van der Waals surface area contributed by atoms with Crippen LogP contribution in [0.15, 0.2) is 33.2 Å². The average Bonchev–Trinajstić information content (AvgIpc) is 2.84. The Hall–Kier alpha value is -1.82. The lowest BCUT2D eigenvalue weighted by Crippen LogP contribution is -2.38. The molecule has 1 aromatic carbocycles. The Morgan fingerprint density at radius 1 is 1.26 bits per heavy atom. The molecule has 2 heterocycles. The zero-order valence-electron chi connectivity index (χ0n) is 12.8. The van der Waals surface area contributed by atoms with Crippen LogP contribution in [0.1, 0.15) is 36.2 Å². The summed E-state index contributed by atoms with van der Waals surface area (Å²) in [6.45, 7) is 1.77. The van der Waals surface area contributed by atoms with Crippen LogP contribution in [0.25, 0.3) is 11.0 Å². The van der Waals surface area contributed by atoms with E-state index in [1.165, 1.54) is 0 Å². The molecular formula is C17H19BrN2O3.